The highest BCUT2D eigenvalue weighted by Crippen LogP contribution is 2.28. The van der Waals surface area contributed by atoms with Crippen molar-refractivity contribution in [1.82, 2.24) is 19.7 Å². The molecule has 3 rings (SSSR count). The van der Waals surface area contributed by atoms with Crippen LogP contribution >= 0.6 is 11.8 Å². The van der Waals surface area contributed by atoms with Gasteiger partial charge >= 0.3 is 0 Å². The maximum atomic E-state index is 11.9. The fourth-order valence-electron chi connectivity index (χ4n) is 2.32. The van der Waals surface area contributed by atoms with E-state index in [4.69, 9.17) is 0 Å². The maximum Gasteiger partial charge on any atom is 0.232 e. The lowest BCUT2D eigenvalue weighted by Crippen LogP contribution is -2.23. The average Bonchev–Trinajstić information content (AvgIpc) is 3.05. The average molecular weight is 352 g/mol. The number of benzene rings is 2. The summed E-state index contributed by atoms with van der Waals surface area (Å²) in [5.74, 6) is 1.14. The number of amides is 1. The third kappa shape index (κ3) is 3.91. The monoisotopic (exact) mass is 352 g/mol. The molecule has 0 aliphatic carbocycles. The van der Waals surface area contributed by atoms with Gasteiger partial charge in [-0.25, -0.2) is 0 Å². The molecule has 0 unspecified atom stereocenters. The number of hydrogen-bond acceptors (Lipinski definition) is 4. The van der Waals surface area contributed by atoms with Gasteiger partial charge in [0.1, 0.15) is 0 Å². The normalized spacial score (nSPS) is 10.7. The summed E-state index contributed by atoms with van der Waals surface area (Å²) in [6.45, 7) is 2.06. The Hall–Kier alpha value is -2.60. The van der Waals surface area contributed by atoms with Crippen molar-refractivity contribution in [1.29, 1.82) is 0 Å². The molecular formula is C19H20N4OS. The van der Waals surface area contributed by atoms with Gasteiger partial charge in [0, 0.05) is 25.3 Å². The van der Waals surface area contributed by atoms with Gasteiger partial charge in [0.25, 0.3) is 0 Å². The van der Waals surface area contributed by atoms with Gasteiger partial charge < -0.3 is 4.90 Å². The summed E-state index contributed by atoms with van der Waals surface area (Å²) in [6, 6.07) is 18.2. The molecule has 0 saturated carbocycles. The minimum Gasteiger partial charge on any atom is -0.348 e. The third-order valence-corrected chi connectivity index (χ3v) is 4.69. The van der Waals surface area contributed by atoms with Crippen LogP contribution in [0.25, 0.3) is 17.1 Å². The van der Waals surface area contributed by atoms with Crippen LogP contribution in [-0.2, 0) is 4.79 Å². The Kier molecular flexibility index (Phi) is 5.19. The van der Waals surface area contributed by atoms with Crippen LogP contribution in [0.3, 0.4) is 0 Å². The fourth-order valence-corrected chi connectivity index (χ4v) is 3.25. The molecule has 0 spiro atoms. The topological polar surface area (TPSA) is 51.0 Å². The molecule has 5 nitrogen and oxygen atoms in total. The van der Waals surface area contributed by atoms with Gasteiger partial charge in [-0.3, -0.25) is 9.36 Å². The van der Waals surface area contributed by atoms with Crippen LogP contribution in [0, 0.1) is 6.92 Å². The van der Waals surface area contributed by atoms with E-state index in [1.165, 1.54) is 17.3 Å². The predicted octanol–water partition coefficient (Wildman–Crippen LogP) is 3.42. The van der Waals surface area contributed by atoms with Crippen LogP contribution in [0.4, 0.5) is 0 Å². The Morgan fingerprint density at radius 1 is 1.04 bits per heavy atom. The van der Waals surface area contributed by atoms with Crippen LogP contribution in [0.15, 0.2) is 59.8 Å². The molecule has 6 heteroatoms. The van der Waals surface area contributed by atoms with Crippen molar-refractivity contribution in [2.24, 2.45) is 0 Å². The van der Waals surface area contributed by atoms with Gasteiger partial charge in [0.05, 0.1) is 5.75 Å². The standard InChI is InChI=1S/C19H20N4OS/c1-14-9-11-16(12-10-14)23-18(15-7-5-4-6-8-15)20-21-19(23)25-13-17(24)22(2)3/h4-12H,13H2,1-3H3. The van der Waals surface area contributed by atoms with Gasteiger partial charge in [-0.2, -0.15) is 0 Å². The zero-order chi connectivity index (χ0) is 17.8. The minimum atomic E-state index is 0.0460. The van der Waals surface area contributed by atoms with E-state index in [2.05, 4.69) is 29.3 Å². The number of carbonyl (C=O) groups is 1. The van der Waals surface area contributed by atoms with Gasteiger partial charge in [-0.15, -0.1) is 10.2 Å². The second-order valence-corrected chi connectivity index (χ2v) is 6.86. The van der Waals surface area contributed by atoms with E-state index in [0.717, 1.165) is 17.1 Å². The molecule has 1 aromatic heterocycles. The molecule has 0 bridgehead atoms. The van der Waals surface area contributed by atoms with E-state index >= 15 is 0 Å². The van der Waals surface area contributed by atoms with Crippen LogP contribution in [0.5, 0.6) is 0 Å². The molecule has 0 radical (unpaired) electrons. The first-order valence-electron chi connectivity index (χ1n) is 7.97. The van der Waals surface area contributed by atoms with E-state index in [0.29, 0.717) is 10.9 Å². The molecule has 1 heterocycles. The Balaban J connectivity index is 2.02. The summed E-state index contributed by atoms with van der Waals surface area (Å²) < 4.78 is 2.00. The maximum absolute atomic E-state index is 11.9. The SMILES string of the molecule is Cc1ccc(-n2c(SCC(=O)N(C)C)nnc2-c2ccccc2)cc1. The van der Waals surface area contributed by atoms with Crippen molar-refractivity contribution in [3.8, 4) is 17.1 Å². The summed E-state index contributed by atoms with van der Waals surface area (Å²) in [4.78, 5) is 13.5. The Morgan fingerprint density at radius 3 is 2.36 bits per heavy atom. The van der Waals surface area contributed by atoms with E-state index in [1.807, 2.05) is 47.0 Å². The van der Waals surface area contributed by atoms with E-state index in [-0.39, 0.29) is 5.91 Å². The summed E-state index contributed by atoms with van der Waals surface area (Å²) in [6.07, 6.45) is 0. The number of rotatable bonds is 5. The molecule has 0 N–H and O–H groups in total. The van der Waals surface area contributed by atoms with Gasteiger partial charge in [-0.05, 0) is 19.1 Å². The lowest BCUT2D eigenvalue weighted by atomic mass is 10.2. The highest BCUT2D eigenvalue weighted by Gasteiger charge is 2.17. The van der Waals surface area contributed by atoms with E-state index in [1.54, 1.807) is 19.0 Å². The predicted molar refractivity (Wildman–Crippen MR) is 101 cm³/mol. The number of aryl methyl sites for hydroxylation is 1. The smallest absolute Gasteiger partial charge is 0.232 e. The highest BCUT2D eigenvalue weighted by molar-refractivity contribution is 7.99. The first-order chi connectivity index (χ1) is 12.1. The van der Waals surface area contributed by atoms with Crippen molar-refractivity contribution < 1.29 is 4.79 Å². The zero-order valence-electron chi connectivity index (χ0n) is 14.5. The highest BCUT2D eigenvalue weighted by atomic mass is 32.2. The van der Waals surface area contributed by atoms with Crippen LogP contribution < -0.4 is 0 Å². The lowest BCUT2D eigenvalue weighted by molar-refractivity contribution is -0.125. The molecular weight excluding hydrogens is 332 g/mol. The molecule has 1 amide bonds. The molecule has 2 aromatic carbocycles. The molecule has 128 valence electrons. The first kappa shape index (κ1) is 17.2. The number of thioether (sulfide) groups is 1. The first-order valence-corrected chi connectivity index (χ1v) is 8.95. The molecule has 3 aromatic rings. The molecule has 0 fully saturated rings. The molecule has 0 atom stereocenters. The van der Waals surface area contributed by atoms with Crippen molar-refractivity contribution in [2.45, 2.75) is 12.1 Å². The van der Waals surface area contributed by atoms with Crippen molar-refractivity contribution >= 4 is 17.7 Å². The van der Waals surface area contributed by atoms with Crippen LogP contribution in [-0.4, -0.2) is 45.4 Å². The van der Waals surface area contributed by atoms with Crippen molar-refractivity contribution in [3.63, 3.8) is 0 Å². The van der Waals surface area contributed by atoms with Gasteiger partial charge in [0.2, 0.25) is 5.91 Å². The van der Waals surface area contributed by atoms with Gasteiger partial charge in [0.15, 0.2) is 11.0 Å². The Bertz CT molecular complexity index is 857. The Morgan fingerprint density at radius 2 is 1.72 bits per heavy atom. The molecule has 0 aliphatic rings. The second-order valence-electron chi connectivity index (χ2n) is 5.92. The number of nitrogens with zero attached hydrogens (tertiary/aromatic N) is 4. The summed E-state index contributed by atoms with van der Waals surface area (Å²) >= 11 is 1.40. The Labute approximate surface area is 151 Å². The van der Waals surface area contributed by atoms with Gasteiger partial charge in [-0.1, -0.05) is 59.8 Å². The number of hydrogen-bond donors (Lipinski definition) is 0. The summed E-state index contributed by atoms with van der Waals surface area (Å²) in [7, 11) is 3.51. The zero-order valence-corrected chi connectivity index (χ0v) is 15.3. The fraction of sp³-hybridized carbons (Fsp3) is 0.211. The molecule has 0 aliphatic heterocycles. The third-order valence-electron chi connectivity index (χ3n) is 3.78. The minimum absolute atomic E-state index is 0.0460. The quantitative estimate of drug-likeness (QED) is 0.660. The molecule has 25 heavy (non-hydrogen) atoms. The number of carbonyl (C=O) groups excluding carboxylic acids is 1. The van der Waals surface area contributed by atoms with Crippen LogP contribution in [0.1, 0.15) is 5.56 Å². The van der Waals surface area contributed by atoms with Crippen LogP contribution in [0.2, 0.25) is 0 Å². The van der Waals surface area contributed by atoms with E-state index < -0.39 is 0 Å². The largest absolute Gasteiger partial charge is 0.348 e. The summed E-state index contributed by atoms with van der Waals surface area (Å²) in [5.41, 5.74) is 3.16. The summed E-state index contributed by atoms with van der Waals surface area (Å²) in [5, 5.41) is 9.41. The van der Waals surface area contributed by atoms with Crippen molar-refractivity contribution in [2.75, 3.05) is 19.8 Å². The molecule has 0 saturated heterocycles. The lowest BCUT2D eigenvalue weighted by Gasteiger charge is -2.12. The van der Waals surface area contributed by atoms with Crippen molar-refractivity contribution in [3.05, 3.63) is 60.2 Å². The van der Waals surface area contributed by atoms with E-state index in [9.17, 15) is 4.79 Å². The number of aromatic nitrogens is 3. The second kappa shape index (κ2) is 7.53.